The highest BCUT2D eigenvalue weighted by Gasteiger charge is 2.49. The van der Waals surface area contributed by atoms with Crippen LogP contribution in [0.25, 0.3) is 10.9 Å². The third-order valence-corrected chi connectivity index (χ3v) is 5.20. The molecule has 1 aliphatic heterocycles. The smallest absolute Gasteiger partial charge is 0.250 e. The Labute approximate surface area is 139 Å². The van der Waals surface area contributed by atoms with Crippen molar-refractivity contribution in [1.82, 2.24) is 9.71 Å². The number of pyridine rings is 1. The Balaban J connectivity index is 2.00. The van der Waals surface area contributed by atoms with Crippen LogP contribution in [0.5, 0.6) is 0 Å². The van der Waals surface area contributed by atoms with Gasteiger partial charge in [-0.1, -0.05) is 18.2 Å². The van der Waals surface area contributed by atoms with E-state index in [0.717, 1.165) is 10.9 Å². The van der Waals surface area contributed by atoms with Gasteiger partial charge in [-0.3, -0.25) is 14.5 Å². The number of benzene rings is 1. The normalized spacial score (nSPS) is 21.2. The molecule has 1 aromatic heterocycles. The SMILES string of the molecule is CCS(=O)(=O)NC1=C(O)C(=O)C(C)(c2cnc3ccccc3c2)O1. The molecule has 1 aliphatic rings. The van der Waals surface area contributed by atoms with Crippen LogP contribution >= 0.6 is 0 Å². The van der Waals surface area contributed by atoms with Crippen molar-refractivity contribution in [3.8, 4) is 0 Å². The lowest BCUT2D eigenvalue weighted by Crippen LogP contribution is -2.32. The monoisotopic (exact) mass is 348 g/mol. The number of hydrogen-bond donors (Lipinski definition) is 2. The van der Waals surface area contributed by atoms with E-state index in [9.17, 15) is 18.3 Å². The number of sulfonamides is 1. The summed E-state index contributed by atoms with van der Waals surface area (Å²) >= 11 is 0. The van der Waals surface area contributed by atoms with Gasteiger partial charge in [0.25, 0.3) is 5.78 Å². The molecule has 0 fully saturated rings. The molecule has 0 aliphatic carbocycles. The van der Waals surface area contributed by atoms with Gasteiger partial charge >= 0.3 is 0 Å². The molecule has 2 heterocycles. The zero-order valence-electron chi connectivity index (χ0n) is 13.1. The van der Waals surface area contributed by atoms with E-state index in [-0.39, 0.29) is 5.75 Å². The van der Waals surface area contributed by atoms with Crippen molar-refractivity contribution in [3.05, 3.63) is 53.7 Å². The van der Waals surface area contributed by atoms with Crippen molar-refractivity contribution < 1.29 is 23.1 Å². The number of nitrogens with zero attached hydrogens (tertiary/aromatic N) is 1. The Morgan fingerprint density at radius 2 is 2.04 bits per heavy atom. The minimum atomic E-state index is -3.69. The summed E-state index contributed by atoms with van der Waals surface area (Å²) in [4.78, 5) is 16.7. The maximum atomic E-state index is 12.5. The third kappa shape index (κ3) is 2.58. The van der Waals surface area contributed by atoms with Gasteiger partial charge in [-0.25, -0.2) is 8.42 Å². The Morgan fingerprint density at radius 3 is 2.75 bits per heavy atom. The highest BCUT2D eigenvalue weighted by Crippen LogP contribution is 2.37. The zero-order valence-corrected chi connectivity index (χ0v) is 13.9. The number of ketones is 1. The van der Waals surface area contributed by atoms with E-state index in [1.54, 1.807) is 6.07 Å². The lowest BCUT2D eigenvalue weighted by atomic mass is 9.92. The second-order valence-corrected chi connectivity index (χ2v) is 7.58. The Bertz CT molecular complexity index is 967. The maximum absolute atomic E-state index is 12.5. The Morgan fingerprint density at radius 1 is 1.33 bits per heavy atom. The largest absolute Gasteiger partial charge is 0.501 e. The summed E-state index contributed by atoms with van der Waals surface area (Å²) in [6, 6.07) is 9.08. The molecule has 1 aromatic carbocycles. The molecule has 24 heavy (non-hydrogen) atoms. The van der Waals surface area contributed by atoms with Gasteiger partial charge in [-0.15, -0.1) is 0 Å². The Hall–Kier alpha value is -2.61. The summed E-state index contributed by atoms with van der Waals surface area (Å²) in [6.07, 6.45) is 1.48. The molecule has 1 atom stereocenters. The molecule has 1 unspecified atom stereocenters. The van der Waals surface area contributed by atoms with Crippen molar-refractivity contribution in [2.24, 2.45) is 0 Å². The van der Waals surface area contributed by atoms with Gasteiger partial charge in [0.1, 0.15) is 0 Å². The lowest BCUT2D eigenvalue weighted by molar-refractivity contribution is -0.131. The van der Waals surface area contributed by atoms with Gasteiger partial charge in [-0.05, 0) is 26.0 Å². The van der Waals surface area contributed by atoms with Gasteiger partial charge in [-0.2, -0.15) is 0 Å². The molecule has 0 amide bonds. The Kier molecular flexibility index (Phi) is 3.71. The van der Waals surface area contributed by atoms with Crippen molar-refractivity contribution in [1.29, 1.82) is 0 Å². The number of carbonyl (C=O) groups excluding carboxylic acids is 1. The molecule has 0 radical (unpaired) electrons. The number of nitrogens with one attached hydrogen (secondary N) is 1. The first kappa shape index (κ1) is 16.3. The van der Waals surface area contributed by atoms with Crippen molar-refractivity contribution in [2.45, 2.75) is 19.4 Å². The van der Waals surface area contributed by atoms with Crippen LogP contribution in [0.3, 0.4) is 0 Å². The van der Waals surface area contributed by atoms with Crippen LogP contribution in [0.1, 0.15) is 19.4 Å². The standard InChI is InChI=1S/C16H16N2O5S/c1-3-24(21,22)18-15-13(19)14(20)16(2,23-15)11-8-10-6-4-5-7-12(10)17-9-11/h4-9,18-19H,3H2,1-2H3. The molecule has 7 nitrogen and oxygen atoms in total. The number of hydrogen-bond acceptors (Lipinski definition) is 6. The van der Waals surface area contributed by atoms with E-state index in [1.807, 2.05) is 24.3 Å². The van der Waals surface area contributed by atoms with Gasteiger partial charge in [0.2, 0.25) is 27.3 Å². The number of aromatic nitrogens is 1. The molecule has 2 aromatic rings. The van der Waals surface area contributed by atoms with Crippen LogP contribution in [-0.4, -0.2) is 30.0 Å². The molecule has 0 bridgehead atoms. The molecule has 0 saturated carbocycles. The zero-order chi connectivity index (χ0) is 17.5. The van der Waals surface area contributed by atoms with Crippen molar-refractivity contribution >= 4 is 26.7 Å². The first-order chi connectivity index (χ1) is 11.3. The van der Waals surface area contributed by atoms with Crippen molar-refractivity contribution in [3.63, 3.8) is 0 Å². The van der Waals surface area contributed by atoms with Crippen LogP contribution in [0, 0.1) is 0 Å². The molecule has 3 rings (SSSR count). The number of aliphatic hydroxyl groups is 1. The lowest BCUT2D eigenvalue weighted by Gasteiger charge is -2.23. The number of carbonyl (C=O) groups is 1. The maximum Gasteiger partial charge on any atom is 0.250 e. The second kappa shape index (κ2) is 5.48. The molecule has 126 valence electrons. The van der Waals surface area contributed by atoms with E-state index in [2.05, 4.69) is 9.71 Å². The van der Waals surface area contributed by atoms with E-state index < -0.39 is 33.0 Å². The fourth-order valence-corrected chi connectivity index (χ4v) is 3.00. The number of para-hydroxylation sites is 1. The molecule has 0 spiro atoms. The highest BCUT2D eigenvalue weighted by molar-refractivity contribution is 7.89. The fourth-order valence-electron chi connectivity index (χ4n) is 2.43. The quantitative estimate of drug-likeness (QED) is 0.871. The van der Waals surface area contributed by atoms with Crippen molar-refractivity contribution in [2.75, 3.05) is 5.75 Å². The first-order valence-corrected chi connectivity index (χ1v) is 8.95. The number of fused-ring (bicyclic) bond motifs is 1. The van der Waals surface area contributed by atoms with Gasteiger partial charge in [0.15, 0.2) is 0 Å². The number of Topliss-reactive ketones (excluding diaryl/α,β-unsaturated/α-hetero) is 1. The van der Waals surface area contributed by atoms with Crippen LogP contribution < -0.4 is 4.72 Å². The molecular weight excluding hydrogens is 332 g/mol. The molecule has 2 N–H and O–H groups in total. The summed E-state index contributed by atoms with van der Waals surface area (Å²) in [7, 11) is -3.69. The van der Waals surface area contributed by atoms with Crippen LogP contribution in [0.2, 0.25) is 0 Å². The minimum Gasteiger partial charge on any atom is -0.501 e. The average molecular weight is 348 g/mol. The number of aliphatic hydroxyl groups excluding tert-OH is 1. The molecule has 8 heteroatoms. The summed E-state index contributed by atoms with van der Waals surface area (Å²) < 4.78 is 30.9. The topological polar surface area (TPSA) is 106 Å². The number of ether oxygens (including phenoxy) is 1. The van der Waals surface area contributed by atoms with Gasteiger partial charge in [0.05, 0.1) is 11.3 Å². The van der Waals surface area contributed by atoms with E-state index in [1.165, 1.54) is 20.0 Å². The van der Waals surface area contributed by atoms with Gasteiger partial charge in [0, 0.05) is 17.1 Å². The summed E-state index contributed by atoms with van der Waals surface area (Å²) in [5.74, 6) is -2.15. The van der Waals surface area contributed by atoms with Crippen LogP contribution in [0.15, 0.2) is 48.2 Å². The van der Waals surface area contributed by atoms with Crippen LogP contribution in [-0.2, 0) is 25.2 Å². The average Bonchev–Trinajstić information content (AvgIpc) is 2.79. The van der Waals surface area contributed by atoms with Gasteiger partial charge < -0.3 is 9.84 Å². The van der Waals surface area contributed by atoms with E-state index in [0.29, 0.717) is 5.56 Å². The van der Waals surface area contributed by atoms with E-state index in [4.69, 9.17) is 4.74 Å². The summed E-state index contributed by atoms with van der Waals surface area (Å²) in [6.45, 7) is 2.90. The van der Waals surface area contributed by atoms with Crippen LogP contribution in [0.4, 0.5) is 0 Å². The third-order valence-electron chi connectivity index (χ3n) is 3.94. The van der Waals surface area contributed by atoms with E-state index >= 15 is 0 Å². The predicted molar refractivity (Wildman–Crippen MR) is 87.4 cm³/mol. The number of rotatable bonds is 4. The summed E-state index contributed by atoms with van der Waals surface area (Å²) in [5, 5.41) is 10.8. The first-order valence-electron chi connectivity index (χ1n) is 7.29. The highest BCUT2D eigenvalue weighted by atomic mass is 32.2. The second-order valence-electron chi connectivity index (χ2n) is 5.56. The minimum absolute atomic E-state index is 0.213. The predicted octanol–water partition coefficient (Wildman–Crippen LogP) is 1.72. The fraction of sp³-hybridized carbons (Fsp3) is 0.250. The molecular formula is C16H16N2O5S. The molecule has 0 saturated heterocycles. The summed E-state index contributed by atoms with van der Waals surface area (Å²) in [5.41, 5.74) is -0.380.